The lowest BCUT2D eigenvalue weighted by Gasteiger charge is -2.14. The van der Waals surface area contributed by atoms with E-state index in [4.69, 9.17) is 32.7 Å². The summed E-state index contributed by atoms with van der Waals surface area (Å²) in [6.07, 6.45) is 1.48. The van der Waals surface area contributed by atoms with E-state index in [2.05, 4.69) is 5.43 Å². The minimum absolute atomic E-state index is 0.0149. The number of nitrogens with one attached hydrogen (secondary N) is 1. The molecule has 0 spiro atoms. The summed E-state index contributed by atoms with van der Waals surface area (Å²) < 4.78 is 11.6. The van der Waals surface area contributed by atoms with Gasteiger partial charge >= 0.3 is 0 Å². The molecule has 3 aromatic rings. The molecule has 0 aliphatic carbocycles. The number of anilines is 1. The fraction of sp³-hybridized carbons (Fsp3) is 0.120. The van der Waals surface area contributed by atoms with Gasteiger partial charge in [-0.25, -0.2) is 5.01 Å². The second-order valence-corrected chi connectivity index (χ2v) is 8.11. The van der Waals surface area contributed by atoms with Crippen LogP contribution in [0, 0.1) is 6.92 Å². The predicted molar refractivity (Wildman–Crippen MR) is 129 cm³/mol. The molecule has 0 aromatic heterocycles. The number of amides is 2. The minimum atomic E-state index is -0.503. The Hall–Kier alpha value is -3.48. The SMILES string of the molecule is Cc1cc(OCCOc2ccc(Cl)cc2/C=C2/C(=O)NN(c3ccccc3)C2=O)ccc1Cl. The van der Waals surface area contributed by atoms with Crippen molar-refractivity contribution < 1.29 is 19.1 Å². The number of carbonyl (C=O) groups excluding carboxylic acids is 2. The Balaban J connectivity index is 1.47. The Morgan fingerprint density at radius 1 is 0.939 bits per heavy atom. The van der Waals surface area contributed by atoms with E-state index in [1.54, 1.807) is 54.6 Å². The number of nitrogens with zero attached hydrogens (tertiary/aromatic N) is 1. The van der Waals surface area contributed by atoms with Crippen LogP contribution >= 0.6 is 23.2 Å². The van der Waals surface area contributed by atoms with Gasteiger partial charge in [0.15, 0.2) is 0 Å². The van der Waals surface area contributed by atoms with Crippen LogP contribution in [0.15, 0.2) is 72.3 Å². The number of hydrogen-bond donors (Lipinski definition) is 1. The molecule has 1 fully saturated rings. The van der Waals surface area contributed by atoms with Crippen LogP contribution in [-0.4, -0.2) is 25.0 Å². The van der Waals surface area contributed by atoms with E-state index in [-0.39, 0.29) is 12.2 Å². The summed E-state index contributed by atoms with van der Waals surface area (Å²) in [6, 6.07) is 19.3. The van der Waals surface area contributed by atoms with Crippen molar-refractivity contribution in [1.82, 2.24) is 5.43 Å². The Kier molecular flexibility index (Phi) is 6.87. The molecule has 3 aromatic carbocycles. The zero-order valence-electron chi connectivity index (χ0n) is 17.7. The maximum absolute atomic E-state index is 12.9. The molecule has 1 saturated heterocycles. The molecule has 0 bridgehead atoms. The van der Waals surface area contributed by atoms with Gasteiger partial charge in [0.2, 0.25) is 0 Å². The van der Waals surface area contributed by atoms with E-state index in [9.17, 15) is 9.59 Å². The predicted octanol–water partition coefficient (Wildman–Crippen LogP) is 5.22. The van der Waals surface area contributed by atoms with Gasteiger partial charge in [-0.1, -0.05) is 41.4 Å². The molecular formula is C25H20Cl2N2O4. The van der Waals surface area contributed by atoms with E-state index in [0.717, 1.165) is 5.56 Å². The number of rotatable bonds is 7. The third-order valence-corrected chi connectivity index (χ3v) is 5.58. The third kappa shape index (κ3) is 5.30. The number of para-hydroxylation sites is 1. The second kappa shape index (κ2) is 9.98. The highest BCUT2D eigenvalue weighted by Gasteiger charge is 2.34. The Labute approximate surface area is 201 Å². The molecule has 1 aliphatic rings. The van der Waals surface area contributed by atoms with Crippen molar-refractivity contribution in [1.29, 1.82) is 0 Å². The summed E-state index contributed by atoms with van der Waals surface area (Å²) >= 11 is 12.2. The number of benzene rings is 3. The van der Waals surface area contributed by atoms with Gasteiger partial charge in [0.25, 0.3) is 11.8 Å². The van der Waals surface area contributed by atoms with Gasteiger partial charge in [0.1, 0.15) is 30.3 Å². The summed E-state index contributed by atoms with van der Waals surface area (Å²) in [5, 5.41) is 2.34. The molecule has 1 aliphatic heterocycles. The molecule has 0 saturated carbocycles. The molecule has 4 rings (SSSR count). The van der Waals surface area contributed by atoms with Crippen molar-refractivity contribution in [3.05, 3.63) is 93.5 Å². The normalized spacial score (nSPS) is 14.5. The zero-order chi connectivity index (χ0) is 23.4. The number of ether oxygens (including phenoxy) is 2. The van der Waals surface area contributed by atoms with Gasteiger partial charge in [-0.05, 0) is 67.1 Å². The number of halogens is 2. The molecule has 0 radical (unpaired) electrons. The van der Waals surface area contributed by atoms with Crippen LogP contribution in [0.3, 0.4) is 0 Å². The van der Waals surface area contributed by atoms with Crippen LogP contribution in [0.4, 0.5) is 5.69 Å². The van der Waals surface area contributed by atoms with E-state index >= 15 is 0 Å². The fourth-order valence-corrected chi connectivity index (χ4v) is 3.55. The molecule has 0 unspecified atom stereocenters. The highest BCUT2D eigenvalue weighted by atomic mass is 35.5. The molecule has 8 heteroatoms. The van der Waals surface area contributed by atoms with Crippen molar-refractivity contribution >= 4 is 46.8 Å². The summed E-state index contributed by atoms with van der Waals surface area (Å²) in [6.45, 7) is 2.44. The van der Waals surface area contributed by atoms with Gasteiger partial charge in [-0.15, -0.1) is 0 Å². The van der Waals surface area contributed by atoms with E-state index < -0.39 is 11.8 Å². The molecule has 6 nitrogen and oxygen atoms in total. The molecular weight excluding hydrogens is 463 g/mol. The van der Waals surface area contributed by atoms with Gasteiger partial charge in [-0.2, -0.15) is 0 Å². The molecule has 1 heterocycles. The summed E-state index contributed by atoms with van der Waals surface area (Å²) in [5.41, 5.74) is 4.56. The van der Waals surface area contributed by atoms with E-state index in [1.807, 2.05) is 19.1 Å². The first-order chi connectivity index (χ1) is 15.9. The van der Waals surface area contributed by atoms with Gasteiger partial charge < -0.3 is 9.47 Å². The van der Waals surface area contributed by atoms with Crippen LogP contribution in [0.25, 0.3) is 6.08 Å². The lowest BCUT2D eigenvalue weighted by Crippen LogP contribution is -2.35. The summed E-state index contributed by atoms with van der Waals surface area (Å²) in [4.78, 5) is 25.3. The second-order valence-electron chi connectivity index (χ2n) is 7.27. The average Bonchev–Trinajstić information content (AvgIpc) is 3.09. The smallest absolute Gasteiger partial charge is 0.282 e. The molecule has 0 atom stereocenters. The van der Waals surface area contributed by atoms with Crippen LogP contribution in [0.2, 0.25) is 10.0 Å². The van der Waals surface area contributed by atoms with Crippen LogP contribution in [-0.2, 0) is 9.59 Å². The Morgan fingerprint density at radius 3 is 2.45 bits per heavy atom. The number of hydrogen-bond acceptors (Lipinski definition) is 4. The first kappa shape index (κ1) is 22.7. The van der Waals surface area contributed by atoms with Gasteiger partial charge in [-0.3, -0.25) is 15.0 Å². The van der Waals surface area contributed by atoms with Crippen molar-refractivity contribution in [2.75, 3.05) is 18.2 Å². The third-order valence-electron chi connectivity index (χ3n) is 4.92. The van der Waals surface area contributed by atoms with Crippen LogP contribution in [0.5, 0.6) is 11.5 Å². The summed E-state index contributed by atoms with van der Waals surface area (Å²) in [7, 11) is 0. The monoisotopic (exact) mass is 482 g/mol. The Bertz CT molecular complexity index is 1230. The quantitative estimate of drug-likeness (QED) is 0.284. The Morgan fingerprint density at radius 2 is 1.70 bits per heavy atom. The van der Waals surface area contributed by atoms with Crippen molar-refractivity contribution in [3.8, 4) is 11.5 Å². The standard InChI is InChI=1S/C25H20Cl2N2O4/c1-16-13-20(8-9-22(16)27)32-11-12-33-23-10-7-18(26)14-17(23)15-21-24(30)28-29(25(21)31)19-5-3-2-4-6-19/h2-10,13-15H,11-12H2,1H3,(H,28,30)/b21-15-. The first-order valence-corrected chi connectivity index (χ1v) is 10.9. The number of aryl methyl sites for hydroxylation is 1. The maximum atomic E-state index is 12.9. The van der Waals surface area contributed by atoms with Gasteiger partial charge in [0, 0.05) is 15.6 Å². The zero-order valence-corrected chi connectivity index (χ0v) is 19.2. The van der Waals surface area contributed by atoms with E-state index in [1.165, 1.54) is 11.1 Å². The number of hydrazine groups is 1. The van der Waals surface area contributed by atoms with E-state index in [0.29, 0.717) is 39.4 Å². The lowest BCUT2D eigenvalue weighted by molar-refractivity contribution is -0.117. The number of carbonyl (C=O) groups is 2. The first-order valence-electron chi connectivity index (χ1n) is 10.2. The van der Waals surface area contributed by atoms with Crippen LogP contribution in [0.1, 0.15) is 11.1 Å². The lowest BCUT2D eigenvalue weighted by atomic mass is 10.1. The molecule has 33 heavy (non-hydrogen) atoms. The highest BCUT2D eigenvalue weighted by Crippen LogP contribution is 2.28. The molecule has 168 valence electrons. The fourth-order valence-electron chi connectivity index (χ4n) is 3.25. The molecule has 1 N–H and O–H groups in total. The minimum Gasteiger partial charge on any atom is -0.490 e. The average molecular weight is 483 g/mol. The largest absolute Gasteiger partial charge is 0.490 e. The van der Waals surface area contributed by atoms with Crippen molar-refractivity contribution in [2.45, 2.75) is 6.92 Å². The van der Waals surface area contributed by atoms with Crippen LogP contribution < -0.4 is 19.9 Å². The highest BCUT2D eigenvalue weighted by molar-refractivity contribution is 6.32. The topological polar surface area (TPSA) is 67.9 Å². The summed E-state index contributed by atoms with van der Waals surface area (Å²) in [5.74, 6) is 0.199. The van der Waals surface area contributed by atoms with Crippen molar-refractivity contribution in [2.24, 2.45) is 0 Å². The van der Waals surface area contributed by atoms with Gasteiger partial charge in [0.05, 0.1) is 5.69 Å². The van der Waals surface area contributed by atoms with Crippen molar-refractivity contribution in [3.63, 3.8) is 0 Å². The maximum Gasteiger partial charge on any atom is 0.282 e. The molecule has 2 amide bonds.